The van der Waals surface area contributed by atoms with Gasteiger partial charge in [0.2, 0.25) is 0 Å². The fourth-order valence-corrected chi connectivity index (χ4v) is 3.10. The summed E-state index contributed by atoms with van der Waals surface area (Å²) in [7, 11) is 0. The Bertz CT molecular complexity index is 1200. The highest BCUT2D eigenvalue weighted by Gasteiger charge is 2.05. The third-order valence-electron chi connectivity index (χ3n) is 4.78. The second-order valence-corrected chi connectivity index (χ2v) is 7.11. The molecule has 0 saturated carbocycles. The lowest BCUT2D eigenvalue weighted by Crippen LogP contribution is -2.17. The average molecular weight is 394 g/mol. The molecule has 0 aliphatic carbocycles. The van der Waals surface area contributed by atoms with Gasteiger partial charge in [-0.05, 0) is 53.1 Å². The van der Waals surface area contributed by atoms with Crippen molar-refractivity contribution in [3.05, 3.63) is 113 Å². The summed E-state index contributed by atoms with van der Waals surface area (Å²) >= 11 is 0. The van der Waals surface area contributed by atoms with Crippen LogP contribution in [0.1, 0.15) is 27.0 Å². The van der Waals surface area contributed by atoms with Gasteiger partial charge in [0, 0.05) is 5.56 Å². The molecule has 4 nitrogen and oxygen atoms in total. The lowest BCUT2D eigenvalue weighted by atomic mass is 10.1. The summed E-state index contributed by atoms with van der Waals surface area (Å²) in [6, 6.07) is 29.4. The standard InChI is InChI=1S/C26H22N2O2/c1-19-9-11-20(12-10-19)18-30-25-8-4-5-21(15-25)17-27-28-26(29)24-14-13-22-6-2-3-7-23(22)16-24/h2-17H,18H2,1H3,(H,28,29)/b27-17-. The number of rotatable bonds is 6. The number of carbonyl (C=O) groups excluding carboxylic acids is 1. The SMILES string of the molecule is Cc1ccc(COc2cccc(/C=N\NC(=O)c3ccc4ccccc4c3)c2)cc1. The van der Waals surface area contributed by atoms with Crippen molar-refractivity contribution >= 4 is 22.9 Å². The smallest absolute Gasteiger partial charge is 0.271 e. The second-order valence-electron chi connectivity index (χ2n) is 7.11. The third-order valence-corrected chi connectivity index (χ3v) is 4.78. The molecule has 4 aromatic carbocycles. The molecule has 0 aromatic heterocycles. The molecule has 1 N–H and O–H groups in total. The van der Waals surface area contributed by atoms with Crippen molar-refractivity contribution in [2.24, 2.45) is 5.10 Å². The first kappa shape index (κ1) is 19.4. The van der Waals surface area contributed by atoms with E-state index in [1.165, 1.54) is 5.56 Å². The van der Waals surface area contributed by atoms with Gasteiger partial charge in [-0.25, -0.2) is 5.43 Å². The molecule has 0 fully saturated rings. The largest absolute Gasteiger partial charge is 0.489 e. The summed E-state index contributed by atoms with van der Waals surface area (Å²) in [6.45, 7) is 2.56. The van der Waals surface area contributed by atoms with Crippen molar-refractivity contribution in [1.29, 1.82) is 0 Å². The van der Waals surface area contributed by atoms with Gasteiger partial charge in [-0.1, -0.05) is 72.3 Å². The molecule has 0 heterocycles. The highest BCUT2D eigenvalue weighted by molar-refractivity contribution is 5.98. The first-order valence-electron chi connectivity index (χ1n) is 9.78. The van der Waals surface area contributed by atoms with E-state index < -0.39 is 0 Å². The summed E-state index contributed by atoms with van der Waals surface area (Å²) in [5, 5.41) is 6.21. The Labute approximate surface area is 175 Å². The maximum absolute atomic E-state index is 12.4. The molecule has 0 atom stereocenters. The second kappa shape index (κ2) is 9.05. The van der Waals surface area contributed by atoms with Crippen LogP contribution in [0.5, 0.6) is 5.75 Å². The summed E-state index contributed by atoms with van der Waals surface area (Å²) in [5.74, 6) is 0.504. The molecule has 148 valence electrons. The number of nitrogens with one attached hydrogen (secondary N) is 1. The summed E-state index contributed by atoms with van der Waals surface area (Å²) in [5.41, 5.74) is 6.34. The van der Waals surface area contributed by atoms with Crippen molar-refractivity contribution in [3.8, 4) is 5.75 Å². The minimum atomic E-state index is -0.247. The molecule has 4 rings (SSSR count). The molecule has 30 heavy (non-hydrogen) atoms. The van der Waals surface area contributed by atoms with Crippen molar-refractivity contribution in [2.45, 2.75) is 13.5 Å². The Morgan fingerprint density at radius 1 is 0.900 bits per heavy atom. The monoisotopic (exact) mass is 394 g/mol. The van der Waals surface area contributed by atoms with Crippen LogP contribution in [0.3, 0.4) is 0 Å². The van der Waals surface area contributed by atoms with Crippen molar-refractivity contribution in [1.82, 2.24) is 5.43 Å². The molecule has 0 aliphatic heterocycles. The van der Waals surface area contributed by atoms with E-state index in [1.54, 1.807) is 12.3 Å². The van der Waals surface area contributed by atoms with E-state index in [9.17, 15) is 4.79 Å². The molecule has 1 amide bonds. The quantitative estimate of drug-likeness (QED) is 0.347. The Balaban J connectivity index is 1.36. The molecule has 0 radical (unpaired) electrons. The zero-order valence-corrected chi connectivity index (χ0v) is 16.7. The van der Waals surface area contributed by atoms with Gasteiger partial charge in [0.15, 0.2) is 0 Å². The van der Waals surface area contributed by atoms with Gasteiger partial charge < -0.3 is 4.74 Å². The molecule has 4 heteroatoms. The van der Waals surface area contributed by atoms with Gasteiger partial charge in [-0.3, -0.25) is 4.79 Å². The molecule has 0 spiro atoms. The summed E-state index contributed by atoms with van der Waals surface area (Å²) in [6.07, 6.45) is 1.61. The topological polar surface area (TPSA) is 50.7 Å². The van der Waals surface area contributed by atoms with E-state index in [2.05, 4.69) is 41.7 Å². The predicted octanol–water partition coefficient (Wildman–Crippen LogP) is 5.49. The number of ether oxygens (including phenoxy) is 1. The van der Waals surface area contributed by atoms with Crippen LogP contribution in [-0.4, -0.2) is 12.1 Å². The number of hydrazone groups is 1. The van der Waals surface area contributed by atoms with Crippen LogP contribution in [-0.2, 0) is 6.61 Å². The zero-order valence-electron chi connectivity index (χ0n) is 16.7. The van der Waals surface area contributed by atoms with E-state index in [-0.39, 0.29) is 5.91 Å². The van der Waals surface area contributed by atoms with Crippen molar-refractivity contribution in [3.63, 3.8) is 0 Å². The minimum absolute atomic E-state index is 0.247. The van der Waals surface area contributed by atoms with Gasteiger partial charge in [0.25, 0.3) is 5.91 Å². The van der Waals surface area contributed by atoms with Crippen LogP contribution in [0.15, 0.2) is 96.1 Å². The maximum Gasteiger partial charge on any atom is 0.271 e. The minimum Gasteiger partial charge on any atom is -0.489 e. The lowest BCUT2D eigenvalue weighted by Gasteiger charge is -2.07. The van der Waals surface area contributed by atoms with Gasteiger partial charge in [0.05, 0.1) is 6.21 Å². The van der Waals surface area contributed by atoms with Crippen LogP contribution in [0.4, 0.5) is 0 Å². The number of hydrogen-bond acceptors (Lipinski definition) is 3. The Morgan fingerprint density at radius 3 is 2.53 bits per heavy atom. The van der Waals surface area contributed by atoms with E-state index in [0.717, 1.165) is 27.6 Å². The Hall–Kier alpha value is -3.92. The number of fused-ring (bicyclic) bond motifs is 1. The fraction of sp³-hybridized carbons (Fsp3) is 0.0769. The number of carbonyl (C=O) groups is 1. The first-order chi connectivity index (χ1) is 14.7. The van der Waals surface area contributed by atoms with E-state index >= 15 is 0 Å². The maximum atomic E-state index is 12.4. The molecule has 0 unspecified atom stereocenters. The first-order valence-corrected chi connectivity index (χ1v) is 9.78. The van der Waals surface area contributed by atoms with Crippen LogP contribution < -0.4 is 10.2 Å². The zero-order chi connectivity index (χ0) is 20.8. The van der Waals surface area contributed by atoms with Crippen LogP contribution in [0, 0.1) is 6.92 Å². The van der Waals surface area contributed by atoms with Crippen LogP contribution in [0.2, 0.25) is 0 Å². The molecule has 4 aromatic rings. The summed E-state index contributed by atoms with van der Waals surface area (Å²) < 4.78 is 5.86. The number of aryl methyl sites for hydroxylation is 1. The van der Waals surface area contributed by atoms with E-state index in [4.69, 9.17) is 4.74 Å². The van der Waals surface area contributed by atoms with Crippen LogP contribution >= 0.6 is 0 Å². The summed E-state index contributed by atoms with van der Waals surface area (Å²) in [4.78, 5) is 12.4. The van der Waals surface area contributed by atoms with Gasteiger partial charge >= 0.3 is 0 Å². The third kappa shape index (κ3) is 4.92. The van der Waals surface area contributed by atoms with Gasteiger partial charge in [-0.15, -0.1) is 0 Å². The highest BCUT2D eigenvalue weighted by atomic mass is 16.5. The number of amides is 1. The number of benzene rings is 4. The normalized spacial score (nSPS) is 11.0. The lowest BCUT2D eigenvalue weighted by molar-refractivity contribution is 0.0955. The van der Waals surface area contributed by atoms with Crippen LogP contribution in [0.25, 0.3) is 10.8 Å². The molecular weight excluding hydrogens is 372 g/mol. The van der Waals surface area contributed by atoms with Crippen molar-refractivity contribution in [2.75, 3.05) is 0 Å². The Kier molecular flexibility index (Phi) is 5.85. The Morgan fingerprint density at radius 2 is 1.70 bits per heavy atom. The molecule has 0 saturated heterocycles. The van der Waals surface area contributed by atoms with E-state index in [0.29, 0.717) is 12.2 Å². The molecular formula is C26H22N2O2. The molecule has 0 aliphatic rings. The number of hydrogen-bond donors (Lipinski definition) is 1. The highest BCUT2D eigenvalue weighted by Crippen LogP contribution is 2.16. The molecule has 0 bridgehead atoms. The number of nitrogens with zero attached hydrogens (tertiary/aromatic N) is 1. The van der Waals surface area contributed by atoms with E-state index in [1.807, 2.05) is 60.7 Å². The van der Waals surface area contributed by atoms with Gasteiger partial charge in [-0.2, -0.15) is 5.10 Å². The predicted molar refractivity (Wildman–Crippen MR) is 121 cm³/mol. The van der Waals surface area contributed by atoms with Crippen molar-refractivity contribution < 1.29 is 9.53 Å². The fourth-order valence-electron chi connectivity index (χ4n) is 3.10. The average Bonchev–Trinajstić information content (AvgIpc) is 2.78. The van der Waals surface area contributed by atoms with Gasteiger partial charge in [0.1, 0.15) is 12.4 Å².